The summed E-state index contributed by atoms with van der Waals surface area (Å²) in [5.74, 6) is -2.43. The molecule has 0 saturated carbocycles. The van der Waals surface area contributed by atoms with Gasteiger partial charge in [-0.3, -0.25) is 9.78 Å². The lowest BCUT2D eigenvalue weighted by Gasteiger charge is -2.09. The molecular weight excluding hydrogens is 538 g/mol. The van der Waals surface area contributed by atoms with Crippen molar-refractivity contribution in [1.29, 1.82) is 0 Å². The summed E-state index contributed by atoms with van der Waals surface area (Å²) in [7, 11) is 0. The minimum atomic E-state index is -0.947. The Morgan fingerprint density at radius 1 is 0.850 bits per heavy atom. The first-order valence-electron chi connectivity index (χ1n) is 11.8. The molecule has 4 aromatic heterocycles. The quantitative estimate of drug-likeness (QED) is 0.261. The van der Waals surface area contributed by atoms with Gasteiger partial charge < -0.3 is 10.6 Å². The van der Waals surface area contributed by atoms with Crippen LogP contribution in [0.4, 0.5) is 26.1 Å². The summed E-state index contributed by atoms with van der Waals surface area (Å²) >= 11 is 0. The standard InChI is InChI=1S/C28H18F2N8O.ClH/c29-20-8-2-9-21(30)24(20)27(39)34-18-6-1-5-17(15-18)26-25(23-10-4-13-33-38(23)37-26)22-11-14-32-28(36-22)35-19-7-3-12-31-16-19;/h1-16H,(H,34,39)(H,32,35,36);1H. The van der Waals surface area contributed by atoms with E-state index in [0.717, 1.165) is 17.8 Å². The molecule has 1 amide bonds. The van der Waals surface area contributed by atoms with Crippen molar-refractivity contribution in [2.75, 3.05) is 10.6 Å². The zero-order valence-corrected chi connectivity index (χ0v) is 21.3. The van der Waals surface area contributed by atoms with Gasteiger partial charge in [0, 0.05) is 29.8 Å². The van der Waals surface area contributed by atoms with Crippen molar-refractivity contribution < 1.29 is 13.6 Å². The number of anilines is 3. The van der Waals surface area contributed by atoms with Crippen molar-refractivity contribution >= 4 is 41.2 Å². The lowest BCUT2D eigenvalue weighted by molar-refractivity contribution is 0.101. The van der Waals surface area contributed by atoms with Crippen LogP contribution in [0.5, 0.6) is 0 Å². The summed E-state index contributed by atoms with van der Waals surface area (Å²) in [5, 5.41) is 14.7. The molecule has 2 aromatic carbocycles. The third-order valence-electron chi connectivity index (χ3n) is 5.83. The van der Waals surface area contributed by atoms with Gasteiger partial charge in [0.2, 0.25) is 5.95 Å². The van der Waals surface area contributed by atoms with E-state index in [0.29, 0.717) is 39.7 Å². The van der Waals surface area contributed by atoms with Crippen LogP contribution in [-0.4, -0.2) is 35.7 Å². The van der Waals surface area contributed by atoms with Crippen LogP contribution < -0.4 is 10.6 Å². The van der Waals surface area contributed by atoms with Crippen molar-refractivity contribution in [2.45, 2.75) is 0 Å². The third kappa shape index (κ3) is 5.18. The molecule has 0 saturated heterocycles. The molecule has 0 atom stereocenters. The van der Waals surface area contributed by atoms with Crippen LogP contribution in [0.1, 0.15) is 10.4 Å². The number of benzene rings is 2. The lowest BCUT2D eigenvalue weighted by Crippen LogP contribution is -2.15. The van der Waals surface area contributed by atoms with Gasteiger partial charge in [0.05, 0.1) is 28.7 Å². The zero-order chi connectivity index (χ0) is 26.8. The van der Waals surface area contributed by atoms with Crippen LogP contribution in [-0.2, 0) is 0 Å². The van der Waals surface area contributed by atoms with Crippen LogP contribution in [0.2, 0.25) is 0 Å². The van der Waals surface area contributed by atoms with Crippen LogP contribution >= 0.6 is 12.4 Å². The van der Waals surface area contributed by atoms with Gasteiger partial charge in [0.15, 0.2) is 0 Å². The van der Waals surface area contributed by atoms with E-state index >= 15 is 0 Å². The molecule has 198 valence electrons. The highest BCUT2D eigenvalue weighted by Crippen LogP contribution is 2.35. The topological polar surface area (TPSA) is 110 Å². The lowest BCUT2D eigenvalue weighted by atomic mass is 10.0. The van der Waals surface area contributed by atoms with Crippen molar-refractivity contribution in [3.63, 3.8) is 0 Å². The first kappa shape index (κ1) is 26.3. The van der Waals surface area contributed by atoms with E-state index in [1.807, 2.05) is 12.1 Å². The predicted octanol–water partition coefficient (Wildman–Crippen LogP) is 5.94. The minimum absolute atomic E-state index is 0. The summed E-state index contributed by atoms with van der Waals surface area (Å²) < 4.78 is 29.8. The Hall–Kier alpha value is -5.29. The number of nitrogens with one attached hydrogen (secondary N) is 2. The molecule has 0 aliphatic carbocycles. The molecule has 0 fully saturated rings. The summed E-state index contributed by atoms with van der Waals surface area (Å²) in [6.07, 6.45) is 6.57. The zero-order valence-electron chi connectivity index (χ0n) is 20.5. The largest absolute Gasteiger partial charge is 0.323 e. The number of nitrogens with zero attached hydrogens (tertiary/aromatic N) is 6. The molecule has 0 aliphatic heterocycles. The fraction of sp³-hybridized carbons (Fsp3) is 0. The molecule has 9 nitrogen and oxygen atoms in total. The number of carbonyl (C=O) groups is 1. The smallest absolute Gasteiger partial charge is 0.261 e. The normalized spacial score (nSPS) is 10.7. The highest BCUT2D eigenvalue weighted by atomic mass is 35.5. The molecule has 0 spiro atoms. The Bertz CT molecular complexity index is 1810. The van der Waals surface area contributed by atoms with Crippen LogP contribution in [0.3, 0.4) is 0 Å². The van der Waals surface area contributed by atoms with E-state index in [2.05, 4.69) is 30.8 Å². The number of pyridine rings is 1. The summed E-state index contributed by atoms with van der Waals surface area (Å²) in [6.45, 7) is 0. The van der Waals surface area contributed by atoms with Gasteiger partial charge >= 0.3 is 0 Å². The van der Waals surface area contributed by atoms with Crippen LogP contribution in [0, 0.1) is 11.6 Å². The fourth-order valence-corrected chi connectivity index (χ4v) is 4.12. The van der Waals surface area contributed by atoms with E-state index in [9.17, 15) is 13.6 Å². The monoisotopic (exact) mass is 556 g/mol. The van der Waals surface area contributed by atoms with Crippen molar-refractivity contribution in [1.82, 2.24) is 29.8 Å². The second-order valence-electron chi connectivity index (χ2n) is 8.39. The number of fused-ring (bicyclic) bond motifs is 1. The molecule has 40 heavy (non-hydrogen) atoms. The summed E-state index contributed by atoms with van der Waals surface area (Å²) in [6, 6.07) is 19.1. The fourth-order valence-electron chi connectivity index (χ4n) is 4.12. The number of aromatic nitrogens is 6. The Balaban J connectivity index is 0.00000323. The highest BCUT2D eigenvalue weighted by Gasteiger charge is 2.21. The maximum absolute atomic E-state index is 14.1. The molecule has 2 N–H and O–H groups in total. The molecule has 0 bridgehead atoms. The maximum Gasteiger partial charge on any atom is 0.261 e. The minimum Gasteiger partial charge on any atom is -0.323 e. The first-order valence-corrected chi connectivity index (χ1v) is 11.8. The number of hydrogen-bond acceptors (Lipinski definition) is 7. The maximum atomic E-state index is 14.1. The predicted molar refractivity (Wildman–Crippen MR) is 149 cm³/mol. The van der Waals surface area contributed by atoms with Crippen molar-refractivity contribution in [2.24, 2.45) is 0 Å². The van der Waals surface area contributed by atoms with E-state index in [1.165, 1.54) is 10.7 Å². The molecular formula is C28H19ClF2N8O. The van der Waals surface area contributed by atoms with E-state index < -0.39 is 23.1 Å². The van der Waals surface area contributed by atoms with Gasteiger partial charge in [-0.2, -0.15) is 9.73 Å². The number of hydrogen-bond donors (Lipinski definition) is 2. The van der Waals surface area contributed by atoms with Crippen LogP contribution in [0.25, 0.3) is 28.0 Å². The molecule has 0 unspecified atom stereocenters. The average molecular weight is 557 g/mol. The Labute approximate surface area is 232 Å². The van der Waals surface area contributed by atoms with Gasteiger partial charge in [0.25, 0.3) is 5.91 Å². The van der Waals surface area contributed by atoms with Gasteiger partial charge in [-0.15, -0.1) is 17.5 Å². The number of halogens is 3. The van der Waals surface area contributed by atoms with Gasteiger partial charge in [-0.1, -0.05) is 18.2 Å². The van der Waals surface area contributed by atoms with Gasteiger partial charge in [-0.05, 0) is 54.6 Å². The van der Waals surface area contributed by atoms with E-state index in [4.69, 9.17) is 4.98 Å². The van der Waals surface area contributed by atoms with Gasteiger partial charge in [-0.25, -0.2) is 18.7 Å². The first-order chi connectivity index (χ1) is 19.1. The molecule has 12 heteroatoms. The summed E-state index contributed by atoms with van der Waals surface area (Å²) in [4.78, 5) is 25.8. The SMILES string of the molecule is Cl.O=C(Nc1cccc(-c2nn3ncccc3c2-c2ccnc(Nc3cccnc3)n2)c1)c1c(F)cccc1F. The third-order valence-corrected chi connectivity index (χ3v) is 5.83. The Kier molecular flexibility index (Phi) is 7.38. The molecule has 6 aromatic rings. The number of amides is 1. The van der Waals surface area contributed by atoms with Crippen LogP contribution in [0.15, 0.2) is 97.6 Å². The Morgan fingerprint density at radius 3 is 2.42 bits per heavy atom. The molecule has 0 radical (unpaired) electrons. The molecule has 0 aliphatic rings. The van der Waals surface area contributed by atoms with E-state index in [-0.39, 0.29) is 12.4 Å². The molecule has 6 rings (SSSR count). The number of rotatable bonds is 6. The van der Waals surface area contributed by atoms with Gasteiger partial charge in [0.1, 0.15) is 22.9 Å². The second-order valence-corrected chi connectivity index (χ2v) is 8.39. The van der Waals surface area contributed by atoms with Crippen molar-refractivity contribution in [3.05, 3.63) is 115 Å². The van der Waals surface area contributed by atoms with E-state index in [1.54, 1.807) is 67.3 Å². The van der Waals surface area contributed by atoms with Crippen molar-refractivity contribution in [3.8, 4) is 22.5 Å². The molecule has 4 heterocycles. The number of carbonyl (C=O) groups excluding carboxylic acids is 1. The summed E-state index contributed by atoms with van der Waals surface area (Å²) in [5.41, 5.74) is 3.52. The Morgan fingerprint density at radius 2 is 1.62 bits per heavy atom. The average Bonchev–Trinajstić information content (AvgIpc) is 3.34. The second kappa shape index (κ2) is 11.2. The highest BCUT2D eigenvalue weighted by molar-refractivity contribution is 6.05.